The number of hydrogen-bond donors (Lipinski definition) is 1. The van der Waals surface area contributed by atoms with E-state index < -0.39 is 0 Å². The van der Waals surface area contributed by atoms with Crippen molar-refractivity contribution in [3.63, 3.8) is 0 Å². The summed E-state index contributed by atoms with van der Waals surface area (Å²) in [6, 6.07) is 11.8. The Morgan fingerprint density at radius 2 is 2.21 bits per heavy atom. The van der Waals surface area contributed by atoms with Crippen molar-refractivity contribution in [1.29, 1.82) is 5.26 Å². The van der Waals surface area contributed by atoms with Crippen LogP contribution < -0.4 is 5.73 Å². The van der Waals surface area contributed by atoms with E-state index in [4.69, 9.17) is 11.0 Å². The third-order valence-corrected chi connectivity index (χ3v) is 4.00. The third-order valence-electron chi connectivity index (χ3n) is 3.02. The maximum absolute atomic E-state index is 8.98. The van der Waals surface area contributed by atoms with Crippen LogP contribution in [0.4, 0.5) is 5.95 Å². The van der Waals surface area contributed by atoms with E-state index in [1.165, 1.54) is 9.75 Å². The minimum atomic E-state index is 0.483. The fraction of sp³-hybridized carbons (Fsp3) is 0.143. The zero-order valence-electron chi connectivity index (χ0n) is 10.4. The molecule has 2 N–H and O–H groups in total. The molecule has 19 heavy (non-hydrogen) atoms. The van der Waals surface area contributed by atoms with E-state index in [2.05, 4.69) is 30.1 Å². The summed E-state index contributed by atoms with van der Waals surface area (Å²) in [6.45, 7) is 2.77. The van der Waals surface area contributed by atoms with Crippen LogP contribution in [0.5, 0.6) is 0 Å². The highest BCUT2D eigenvalue weighted by Gasteiger charge is 2.10. The van der Waals surface area contributed by atoms with Crippen molar-refractivity contribution in [2.45, 2.75) is 13.5 Å². The van der Waals surface area contributed by atoms with Gasteiger partial charge in [0.2, 0.25) is 5.95 Å². The molecule has 0 atom stereocenters. The monoisotopic (exact) mass is 268 g/mol. The van der Waals surface area contributed by atoms with Crippen LogP contribution in [-0.2, 0) is 6.54 Å². The fourth-order valence-corrected chi connectivity index (χ4v) is 2.98. The van der Waals surface area contributed by atoms with Gasteiger partial charge in [0.05, 0.1) is 29.2 Å². The van der Waals surface area contributed by atoms with Gasteiger partial charge in [-0.25, -0.2) is 4.98 Å². The van der Waals surface area contributed by atoms with Crippen molar-refractivity contribution in [3.05, 3.63) is 45.6 Å². The number of nitriles is 1. The van der Waals surface area contributed by atoms with Crippen LogP contribution in [0, 0.1) is 18.3 Å². The van der Waals surface area contributed by atoms with E-state index in [0.29, 0.717) is 18.1 Å². The van der Waals surface area contributed by atoms with Gasteiger partial charge < -0.3 is 10.3 Å². The predicted octanol–water partition coefficient (Wildman–Crippen LogP) is 2.91. The van der Waals surface area contributed by atoms with Crippen LogP contribution in [-0.4, -0.2) is 9.55 Å². The molecule has 0 saturated carbocycles. The summed E-state index contributed by atoms with van der Waals surface area (Å²) in [5, 5.41) is 8.98. The first-order chi connectivity index (χ1) is 9.17. The molecule has 0 radical (unpaired) electrons. The molecular weight excluding hydrogens is 256 g/mol. The lowest BCUT2D eigenvalue weighted by Crippen LogP contribution is -2.03. The number of aromatic nitrogens is 2. The summed E-state index contributed by atoms with van der Waals surface area (Å²) in [6.07, 6.45) is 0. The third kappa shape index (κ3) is 2.07. The van der Waals surface area contributed by atoms with Gasteiger partial charge in [0.25, 0.3) is 0 Å². The first-order valence-electron chi connectivity index (χ1n) is 5.88. The van der Waals surface area contributed by atoms with Gasteiger partial charge in [0.1, 0.15) is 0 Å². The Kier molecular flexibility index (Phi) is 2.73. The van der Waals surface area contributed by atoms with E-state index in [1.54, 1.807) is 17.4 Å². The number of aryl methyl sites for hydroxylation is 1. The number of hydrogen-bond acceptors (Lipinski definition) is 4. The van der Waals surface area contributed by atoms with Crippen molar-refractivity contribution in [2.75, 3.05) is 5.73 Å². The number of nitrogen functional groups attached to an aromatic ring is 1. The smallest absolute Gasteiger partial charge is 0.201 e. The molecule has 3 rings (SSSR count). The fourth-order valence-electron chi connectivity index (χ4n) is 2.10. The Morgan fingerprint density at radius 3 is 2.89 bits per heavy atom. The summed E-state index contributed by atoms with van der Waals surface area (Å²) >= 11 is 1.74. The van der Waals surface area contributed by atoms with Gasteiger partial charge in [0, 0.05) is 9.75 Å². The molecule has 1 aromatic carbocycles. The molecule has 3 aromatic rings. The Hall–Kier alpha value is -2.32. The van der Waals surface area contributed by atoms with E-state index in [-0.39, 0.29) is 0 Å². The second-order valence-corrected chi connectivity index (χ2v) is 5.76. The van der Waals surface area contributed by atoms with Crippen LogP contribution in [0.15, 0.2) is 30.3 Å². The highest BCUT2D eigenvalue weighted by molar-refractivity contribution is 7.11. The Morgan fingerprint density at radius 1 is 1.37 bits per heavy atom. The van der Waals surface area contributed by atoms with Crippen LogP contribution >= 0.6 is 11.3 Å². The molecule has 0 aliphatic heterocycles. The zero-order valence-corrected chi connectivity index (χ0v) is 11.2. The first kappa shape index (κ1) is 11.8. The standard InChI is InChI=1S/C14H12N4S/c1-9-2-4-11(19-9)8-18-13-6-10(7-15)3-5-12(13)17-14(18)16/h2-6H,8H2,1H3,(H2,16,17). The molecule has 2 aromatic heterocycles. The van der Waals surface area contributed by atoms with Crippen LogP contribution in [0.2, 0.25) is 0 Å². The molecular formula is C14H12N4S. The average molecular weight is 268 g/mol. The second kappa shape index (κ2) is 4.41. The summed E-state index contributed by atoms with van der Waals surface area (Å²) in [4.78, 5) is 6.83. The quantitative estimate of drug-likeness (QED) is 0.777. The largest absolute Gasteiger partial charge is 0.369 e. The highest BCUT2D eigenvalue weighted by atomic mass is 32.1. The maximum Gasteiger partial charge on any atom is 0.201 e. The van der Waals surface area contributed by atoms with Crippen LogP contribution in [0.3, 0.4) is 0 Å². The number of anilines is 1. The molecule has 94 valence electrons. The minimum Gasteiger partial charge on any atom is -0.369 e. The van der Waals surface area contributed by atoms with Crippen molar-refractivity contribution in [3.8, 4) is 6.07 Å². The SMILES string of the molecule is Cc1ccc(Cn2c(N)nc3ccc(C#N)cc32)s1. The maximum atomic E-state index is 8.98. The molecule has 0 aliphatic rings. The molecule has 0 unspecified atom stereocenters. The summed E-state index contributed by atoms with van der Waals surface area (Å²) in [5.41, 5.74) is 8.32. The van der Waals surface area contributed by atoms with Crippen LogP contribution in [0.1, 0.15) is 15.3 Å². The molecule has 0 aliphatic carbocycles. The van der Waals surface area contributed by atoms with Gasteiger partial charge in [0.15, 0.2) is 0 Å². The molecule has 2 heterocycles. The van der Waals surface area contributed by atoms with Gasteiger partial charge in [-0.1, -0.05) is 0 Å². The van der Waals surface area contributed by atoms with E-state index in [9.17, 15) is 0 Å². The molecule has 5 heteroatoms. The number of fused-ring (bicyclic) bond motifs is 1. The number of rotatable bonds is 2. The van der Waals surface area contributed by atoms with E-state index in [0.717, 1.165) is 11.0 Å². The lowest BCUT2D eigenvalue weighted by molar-refractivity contribution is 0.853. The number of imidazole rings is 1. The molecule has 0 fully saturated rings. The normalized spacial score (nSPS) is 10.7. The first-order valence-corrected chi connectivity index (χ1v) is 6.70. The predicted molar refractivity (Wildman–Crippen MR) is 77.0 cm³/mol. The Bertz CT molecular complexity index is 791. The van der Waals surface area contributed by atoms with Gasteiger partial charge in [-0.2, -0.15) is 5.26 Å². The highest BCUT2D eigenvalue weighted by Crippen LogP contribution is 2.23. The van der Waals surface area contributed by atoms with Gasteiger partial charge in [-0.15, -0.1) is 11.3 Å². The van der Waals surface area contributed by atoms with Crippen molar-refractivity contribution in [1.82, 2.24) is 9.55 Å². The van der Waals surface area contributed by atoms with E-state index >= 15 is 0 Å². The number of nitrogens with two attached hydrogens (primary N) is 1. The van der Waals surface area contributed by atoms with Crippen LogP contribution in [0.25, 0.3) is 11.0 Å². The number of thiophene rings is 1. The summed E-state index contributed by atoms with van der Waals surface area (Å²) < 4.78 is 1.95. The Balaban J connectivity index is 2.11. The number of benzene rings is 1. The molecule has 0 bridgehead atoms. The molecule has 0 spiro atoms. The van der Waals surface area contributed by atoms with Gasteiger partial charge in [-0.3, -0.25) is 0 Å². The second-order valence-electron chi connectivity index (χ2n) is 4.38. The summed E-state index contributed by atoms with van der Waals surface area (Å²) in [7, 11) is 0. The average Bonchev–Trinajstić information content (AvgIpc) is 2.94. The van der Waals surface area contributed by atoms with Gasteiger partial charge in [-0.05, 0) is 37.3 Å². The molecule has 0 saturated heterocycles. The van der Waals surface area contributed by atoms with E-state index in [1.807, 2.05) is 16.7 Å². The number of nitrogens with zero attached hydrogens (tertiary/aromatic N) is 3. The van der Waals surface area contributed by atoms with Crippen molar-refractivity contribution < 1.29 is 0 Å². The Labute approximate surface area is 114 Å². The zero-order chi connectivity index (χ0) is 13.4. The summed E-state index contributed by atoms with van der Waals surface area (Å²) in [5.74, 6) is 0.483. The van der Waals surface area contributed by atoms with Crippen molar-refractivity contribution >= 4 is 28.3 Å². The van der Waals surface area contributed by atoms with Gasteiger partial charge >= 0.3 is 0 Å². The lowest BCUT2D eigenvalue weighted by atomic mass is 10.2. The minimum absolute atomic E-state index is 0.483. The topological polar surface area (TPSA) is 67.6 Å². The molecule has 0 amide bonds. The van der Waals surface area contributed by atoms with Crippen molar-refractivity contribution in [2.24, 2.45) is 0 Å². The lowest BCUT2D eigenvalue weighted by Gasteiger charge is -2.04. The molecule has 4 nitrogen and oxygen atoms in total.